The van der Waals surface area contributed by atoms with Gasteiger partial charge in [-0.2, -0.15) is 18.3 Å². The highest BCUT2D eigenvalue weighted by Crippen LogP contribution is 2.28. The van der Waals surface area contributed by atoms with E-state index in [1.54, 1.807) is 6.92 Å². The lowest BCUT2D eigenvalue weighted by atomic mass is 10.3. The van der Waals surface area contributed by atoms with Gasteiger partial charge >= 0.3 is 6.18 Å². The van der Waals surface area contributed by atoms with E-state index in [0.717, 1.165) is 6.07 Å². The van der Waals surface area contributed by atoms with E-state index in [4.69, 9.17) is 0 Å². The minimum atomic E-state index is -4.41. The third-order valence-electron chi connectivity index (χ3n) is 1.83. The molecule has 2 aromatic rings. The molecule has 6 heteroatoms. The second-order valence-electron chi connectivity index (χ2n) is 2.88. The number of aromatic nitrogens is 3. The fourth-order valence-electron chi connectivity index (χ4n) is 1.21. The zero-order valence-electron chi connectivity index (χ0n) is 7.21. The van der Waals surface area contributed by atoms with Crippen molar-refractivity contribution < 1.29 is 13.2 Å². The minimum absolute atomic E-state index is 0.206. The van der Waals surface area contributed by atoms with Crippen LogP contribution in [0.3, 0.4) is 0 Å². The molecule has 0 aliphatic heterocycles. The number of nitrogens with zero attached hydrogens (tertiary/aromatic N) is 3. The summed E-state index contributed by atoms with van der Waals surface area (Å²) in [6.07, 6.45) is -2.99. The average Bonchev–Trinajstić information content (AvgIpc) is 2.50. The molecule has 2 aromatic heterocycles. The van der Waals surface area contributed by atoms with Crippen molar-refractivity contribution in [2.45, 2.75) is 13.1 Å². The molecule has 3 nitrogen and oxygen atoms in total. The molecule has 0 radical (unpaired) electrons. The first-order valence-corrected chi connectivity index (χ1v) is 3.87. The molecule has 0 aliphatic rings. The molecule has 2 rings (SSSR count). The molecule has 0 spiro atoms. The molecule has 0 saturated heterocycles. The molecule has 0 fully saturated rings. The summed E-state index contributed by atoms with van der Waals surface area (Å²) in [6, 6.07) is 2.41. The van der Waals surface area contributed by atoms with E-state index in [1.165, 1.54) is 16.8 Å². The number of aryl methyl sites for hydroxylation is 1. The van der Waals surface area contributed by atoms with Crippen molar-refractivity contribution in [1.29, 1.82) is 0 Å². The molecule has 2 heterocycles. The maximum absolute atomic E-state index is 12.3. The van der Waals surface area contributed by atoms with Gasteiger partial charge in [0.15, 0.2) is 5.65 Å². The highest BCUT2D eigenvalue weighted by Gasteiger charge is 2.33. The molecular weight excluding hydrogens is 195 g/mol. The molecular formula is C8H6F3N3. The van der Waals surface area contributed by atoms with Crippen molar-refractivity contribution in [3.05, 3.63) is 29.7 Å². The van der Waals surface area contributed by atoms with Gasteiger partial charge in [-0.25, -0.2) is 9.50 Å². The van der Waals surface area contributed by atoms with E-state index >= 15 is 0 Å². The monoisotopic (exact) mass is 201 g/mol. The van der Waals surface area contributed by atoms with Crippen LogP contribution in [0.15, 0.2) is 18.3 Å². The topological polar surface area (TPSA) is 30.2 Å². The van der Waals surface area contributed by atoms with Gasteiger partial charge in [-0.15, -0.1) is 0 Å². The predicted molar refractivity (Wildman–Crippen MR) is 42.7 cm³/mol. The van der Waals surface area contributed by atoms with Gasteiger partial charge in [0.2, 0.25) is 0 Å². The number of fused-ring (bicyclic) bond motifs is 1. The van der Waals surface area contributed by atoms with Gasteiger partial charge in [0.25, 0.3) is 0 Å². The fourth-order valence-corrected chi connectivity index (χ4v) is 1.21. The van der Waals surface area contributed by atoms with E-state index < -0.39 is 11.9 Å². The molecule has 0 aliphatic carbocycles. The highest BCUT2D eigenvalue weighted by atomic mass is 19.4. The van der Waals surface area contributed by atoms with Gasteiger partial charge < -0.3 is 0 Å². The van der Waals surface area contributed by atoms with Crippen LogP contribution in [0.25, 0.3) is 5.65 Å². The molecule has 0 unspecified atom stereocenters. The smallest absolute Gasteiger partial charge is 0.224 e. The summed E-state index contributed by atoms with van der Waals surface area (Å²) in [5.74, 6) is 0. The lowest BCUT2D eigenvalue weighted by molar-refractivity contribution is -0.141. The van der Waals surface area contributed by atoms with E-state index in [1.807, 2.05) is 0 Å². The Hall–Kier alpha value is -1.59. The lowest BCUT2D eigenvalue weighted by Gasteiger charge is -2.07. The van der Waals surface area contributed by atoms with E-state index in [-0.39, 0.29) is 5.65 Å². The Morgan fingerprint density at radius 1 is 1.36 bits per heavy atom. The highest BCUT2D eigenvalue weighted by molar-refractivity contribution is 5.39. The van der Waals surface area contributed by atoms with Gasteiger partial charge in [-0.1, -0.05) is 0 Å². The van der Waals surface area contributed by atoms with Crippen molar-refractivity contribution in [3.63, 3.8) is 0 Å². The van der Waals surface area contributed by atoms with Gasteiger partial charge in [-0.3, -0.25) is 0 Å². The predicted octanol–water partition coefficient (Wildman–Crippen LogP) is 2.06. The van der Waals surface area contributed by atoms with Crippen LogP contribution in [-0.2, 0) is 6.18 Å². The Morgan fingerprint density at radius 2 is 2.07 bits per heavy atom. The van der Waals surface area contributed by atoms with Crippen molar-refractivity contribution in [2.24, 2.45) is 0 Å². The Morgan fingerprint density at radius 3 is 2.71 bits per heavy atom. The van der Waals surface area contributed by atoms with Crippen LogP contribution < -0.4 is 0 Å². The number of halogens is 3. The number of alkyl halides is 3. The van der Waals surface area contributed by atoms with Gasteiger partial charge in [0, 0.05) is 11.8 Å². The molecule has 0 amide bonds. The first kappa shape index (κ1) is 8.98. The number of rotatable bonds is 0. The summed E-state index contributed by atoms with van der Waals surface area (Å²) >= 11 is 0. The van der Waals surface area contributed by atoms with Crippen LogP contribution in [0.4, 0.5) is 13.2 Å². The first-order chi connectivity index (χ1) is 6.48. The zero-order valence-corrected chi connectivity index (χ0v) is 7.21. The maximum atomic E-state index is 12.3. The Bertz CT molecular complexity index is 472. The molecule has 0 bridgehead atoms. The van der Waals surface area contributed by atoms with Crippen LogP contribution in [0, 0.1) is 6.92 Å². The SMILES string of the molecule is Cc1cc(C(F)(F)F)nc2ccnn12. The summed E-state index contributed by atoms with van der Waals surface area (Å²) in [4.78, 5) is 3.44. The van der Waals surface area contributed by atoms with E-state index in [9.17, 15) is 13.2 Å². The summed E-state index contributed by atoms with van der Waals surface area (Å²) in [5, 5.41) is 3.83. The van der Waals surface area contributed by atoms with Crippen LogP contribution in [0.2, 0.25) is 0 Å². The standard InChI is InChI=1S/C8H6F3N3/c1-5-4-6(8(9,10)11)13-7-2-3-12-14(5)7/h2-4H,1H3. The van der Waals surface area contributed by atoms with Crippen LogP contribution >= 0.6 is 0 Å². The molecule has 0 N–H and O–H groups in total. The first-order valence-electron chi connectivity index (χ1n) is 3.87. The number of hydrogen-bond acceptors (Lipinski definition) is 2. The Kier molecular flexibility index (Phi) is 1.73. The van der Waals surface area contributed by atoms with Crippen molar-refractivity contribution in [3.8, 4) is 0 Å². The molecule has 0 aromatic carbocycles. The summed E-state index contributed by atoms with van der Waals surface area (Å²) in [7, 11) is 0. The fraction of sp³-hybridized carbons (Fsp3) is 0.250. The van der Waals surface area contributed by atoms with Crippen molar-refractivity contribution in [1.82, 2.24) is 14.6 Å². The lowest BCUT2D eigenvalue weighted by Crippen LogP contribution is -2.10. The number of hydrogen-bond donors (Lipinski definition) is 0. The van der Waals surface area contributed by atoms with E-state index in [0.29, 0.717) is 5.69 Å². The second kappa shape index (κ2) is 2.70. The van der Waals surface area contributed by atoms with Crippen LogP contribution in [0.5, 0.6) is 0 Å². The van der Waals surface area contributed by atoms with Gasteiger partial charge in [-0.05, 0) is 13.0 Å². The van der Waals surface area contributed by atoms with Gasteiger partial charge in [0.05, 0.1) is 6.20 Å². The van der Waals surface area contributed by atoms with Crippen molar-refractivity contribution in [2.75, 3.05) is 0 Å². The Labute approximate surface area is 77.2 Å². The molecule has 14 heavy (non-hydrogen) atoms. The summed E-state index contributed by atoms with van der Waals surface area (Å²) < 4.78 is 38.3. The quantitative estimate of drug-likeness (QED) is 0.653. The molecule has 74 valence electrons. The Balaban J connectivity index is 2.70. The minimum Gasteiger partial charge on any atom is -0.224 e. The normalized spacial score (nSPS) is 12.3. The maximum Gasteiger partial charge on any atom is 0.433 e. The van der Waals surface area contributed by atoms with Crippen molar-refractivity contribution >= 4 is 5.65 Å². The molecule has 0 saturated carbocycles. The molecule has 0 atom stereocenters. The summed E-state index contributed by atoms with van der Waals surface area (Å²) in [5.41, 5.74) is -0.271. The largest absolute Gasteiger partial charge is 0.433 e. The van der Waals surface area contributed by atoms with E-state index in [2.05, 4.69) is 10.1 Å². The summed E-state index contributed by atoms with van der Waals surface area (Å²) in [6.45, 7) is 1.55. The average molecular weight is 201 g/mol. The third-order valence-corrected chi connectivity index (χ3v) is 1.83. The van der Waals surface area contributed by atoms with Crippen LogP contribution in [-0.4, -0.2) is 14.6 Å². The second-order valence-corrected chi connectivity index (χ2v) is 2.88. The van der Waals surface area contributed by atoms with Gasteiger partial charge in [0.1, 0.15) is 5.69 Å². The third kappa shape index (κ3) is 1.32. The van der Waals surface area contributed by atoms with Crippen LogP contribution in [0.1, 0.15) is 11.4 Å². The zero-order chi connectivity index (χ0) is 10.3.